The Morgan fingerprint density at radius 2 is 1.95 bits per heavy atom. The van der Waals surface area contributed by atoms with E-state index in [0.29, 0.717) is 0 Å². The molecule has 0 amide bonds. The molecule has 0 N–H and O–H groups in total. The van der Waals surface area contributed by atoms with E-state index in [4.69, 9.17) is 10.5 Å². The number of benzene rings is 1. The summed E-state index contributed by atoms with van der Waals surface area (Å²) < 4.78 is 5.32. The van der Waals surface area contributed by atoms with Crippen LogP contribution in [-0.4, -0.2) is 24.8 Å². The highest BCUT2D eigenvalue weighted by atomic mass is 79.9. The van der Waals surface area contributed by atoms with Crippen molar-refractivity contribution in [2.45, 2.75) is 5.54 Å². The van der Waals surface area contributed by atoms with E-state index in [1.165, 1.54) is 13.3 Å². The minimum absolute atomic E-state index is 0.654. The Balaban J connectivity index is 3.01. The molecular formula is C14H10BrN3O2. The molecule has 1 aromatic carbocycles. The number of carbonyl (C=O) groups is 1. The van der Waals surface area contributed by atoms with Crippen molar-refractivity contribution in [3.63, 3.8) is 0 Å². The second-order valence-corrected chi connectivity index (χ2v) is 4.57. The SMILES string of the molecule is COC(=O)C=CC(C#N)(C#N)N=Cc1ccc(Br)cc1. The number of nitriles is 2. The van der Waals surface area contributed by atoms with Crippen molar-refractivity contribution >= 4 is 28.1 Å². The molecule has 1 aromatic rings. The molecule has 6 heteroatoms. The summed E-state index contributed by atoms with van der Waals surface area (Å²) in [4.78, 5) is 15.0. The predicted molar refractivity (Wildman–Crippen MR) is 76.8 cm³/mol. The number of aliphatic imine (C=N–C) groups is 1. The van der Waals surface area contributed by atoms with Crippen LogP contribution in [0.1, 0.15) is 5.56 Å². The van der Waals surface area contributed by atoms with E-state index < -0.39 is 11.5 Å². The first kappa shape index (κ1) is 15.6. The van der Waals surface area contributed by atoms with Gasteiger partial charge >= 0.3 is 5.97 Å². The first-order chi connectivity index (χ1) is 9.55. The number of halogens is 1. The van der Waals surface area contributed by atoms with Crippen LogP contribution in [0.5, 0.6) is 0 Å². The van der Waals surface area contributed by atoms with E-state index in [0.717, 1.165) is 22.2 Å². The number of esters is 1. The number of nitrogens with zero attached hydrogens (tertiary/aromatic N) is 3. The van der Waals surface area contributed by atoms with Gasteiger partial charge in [-0.25, -0.2) is 4.79 Å². The first-order valence-electron chi connectivity index (χ1n) is 5.46. The molecule has 5 nitrogen and oxygen atoms in total. The largest absolute Gasteiger partial charge is 0.466 e. The Labute approximate surface area is 124 Å². The van der Waals surface area contributed by atoms with Gasteiger partial charge in [-0.15, -0.1) is 0 Å². The van der Waals surface area contributed by atoms with Crippen LogP contribution in [0.4, 0.5) is 0 Å². The third-order valence-corrected chi connectivity index (χ3v) is 2.82. The zero-order valence-electron chi connectivity index (χ0n) is 10.6. The molecule has 0 saturated heterocycles. The summed E-state index contributed by atoms with van der Waals surface area (Å²) in [5.74, 6) is -0.654. The van der Waals surface area contributed by atoms with Crippen LogP contribution >= 0.6 is 15.9 Å². The molecule has 0 atom stereocenters. The number of carbonyl (C=O) groups excluding carboxylic acids is 1. The van der Waals surface area contributed by atoms with Gasteiger partial charge in [0, 0.05) is 16.8 Å². The van der Waals surface area contributed by atoms with Gasteiger partial charge in [-0.1, -0.05) is 28.1 Å². The van der Waals surface area contributed by atoms with Crippen molar-refractivity contribution < 1.29 is 9.53 Å². The smallest absolute Gasteiger partial charge is 0.330 e. The molecule has 0 saturated carbocycles. The lowest BCUT2D eigenvalue weighted by atomic mass is 10.0. The van der Waals surface area contributed by atoms with E-state index in [9.17, 15) is 4.79 Å². The third-order valence-electron chi connectivity index (χ3n) is 2.29. The number of rotatable bonds is 4. The zero-order chi connectivity index (χ0) is 15.0. The van der Waals surface area contributed by atoms with Gasteiger partial charge in [0.1, 0.15) is 12.1 Å². The van der Waals surface area contributed by atoms with Crippen LogP contribution in [0.3, 0.4) is 0 Å². The Morgan fingerprint density at radius 1 is 1.35 bits per heavy atom. The highest BCUT2D eigenvalue weighted by molar-refractivity contribution is 9.10. The molecule has 0 bridgehead atoms. The third kappa shape index (κ3) is 4.34. The lowest BCUT2D eigenvalue weighted by Gasteiger charge is -2.06. The molecule has 0 aliphatic heterocycles. The van der Waals surface area contributed by atoms with Gasteiger partial charge in [0.05, 0.1) is 7.11 Å². The Hall–Kier alpha value is -2.44. The summed E-state index contributed by atoms with van der Waals surface area (Å²) in [5, 5.41) is 18.2. The zero-order valence-corrected chi connectivity index (χ0v) is 12.2. The fraction of sp³-hybridized carbons (Fsp3) is 0.143. The topological polar surface area (TPSA) is 86.2 Å². The van der Waals surface area contributed by atoms with Gasteiger partial charge in [-0.05, 0) is 23.8 Å². The van der Waals surface area contributed by atoms with Crippen LogP contribution in [-0.2, 0) is 9.53 Å². The molecule has 0 aromatic heterocycles. The molecule has 20 heavy (non-hydrogen) atoms. The van der Waals surface area contributed by atoms with Gasteiger partial charge in [0.15, 0.2) is 0 Å². The lowest BCUT2D eigenvalue weighted by Crippen LogP contribution is -2.19. The van der Waals surface area contributed by atoms with Crippen LogP contribution in [0, 0.1) is 22.7 Å². The molecule has 0 aliphatic rings. The van der Waals surface area contributed by atoms with E-state index in [2.05, 4.69) is 25.7 Å². The monoisotopic (exact) mass is 331 g/mol. The second-order valence-electron chi connectivity index (χ2n) is 3.66. The summed E-state index contributed by atoms with van der Waals surface area (Å²) in [7, 11) is 1.21. The maximum Gasteiger partial charge on any atom is 0.330 e. The Bertz CT molecular complexity index is 607. The summed E-state index contributed by atoms with van der Waals surface area (Å²) in [6, 6.07) is 10.7. The van der Waals surface area contributed by atoms with Crippen molar-refractivity contribution in [3.05, 3.63) is 46.5 Å². The van der Waals surface area contributed by atoms with Gasteiger partial charge in [0.25, 0.3) is 5.54 Å². The predicted octanol–water partition coefficient (Wildman–Crippen LogP) is 2.38. The quantitative estimate of drug-likeness (QED) is 0.481. The molecule has 0 fully saturated rings. The van der Waals surface area contributed by atoms with Gasteiger partial charge in [-0.2, -0.15) is 10.5 Å². The standard InChI is InChI=1S/C14H10BrN3O2/c1-20-13(19)6-7-14(9-16,10-17)18-8-11-2-4-12(15)5-3-11/h2-8H,1H3. The fourth-order valence-electron chi connectivity index (χ4n) is 1.18. The van der Waals surface area contributed by atoms with E-state index in [-0.39, 0.29) is 0 Å². The van der Waals surface area contributed by atoms with Crippen molar-refractivity contribution in [1.29, 1.82) is 10.5 Å². The number of hydrogen-bond donors (Lipinski definition) is 0. The highest BCUT2D eigenvalue weighted by Crippen LogP contribution is 2.13. The average Bonchev–Trinajstić information content (AvgIpc) is 2.49. The van der Waals surface area contributed by atoms with Crippen molar-refractivity contribution in [2.24, 2.45) is 4.99 Å². The second kappa shape index (κ2) is 7.22. The maximum absolute atomic E-state index is 11.0. The summed E-state index contributed by atoms with van der Waals surface area (Å²) >= 11 is 3.30. The van der Waals surface area contributed by atoms with Crippen LogP contribution in [0.2, 0.25) is 0 Å². The van der Waals surface area contributed by atoms with Gasteiger partial charge < -0.3 is 4.74 Å². The molecule has 1 rings (SSSR count). The fourth-order valence-corrected chi connectivity index (χ4v) is 1.45. The van der Waals surface area contributed by atoms with Crippen molar-refractivity contribution in [1.82, 2.24) is 0 Å². The molecule has 0 radical (unpaired) electrons. The van der Waals surface area contributed by atoms with Crippen LogP contribution < -0.4 is 0 Å². The van der Waals surface area contributed by atoms with E-state index in [1.807, 2.05) is 12.1 Å². The number of methoxy groups -OCH3 is 1. The number of ether oxygens (including phenoxy) is 1. The molecule has 0 spiro atoms. The summed E-state index contributed by atoms with van der Waals surface area (Å²) in [5.41, 5.74) is -1.02. The Kier molecular flexibility index (Phi) is 5.64. The maximum atomic E-state index is 11.0. The van der Waals surface area contributed by atoms with Crippen molar-refractivity contribution in [3.8, 4) is 12.1 Å². The van der Waals surface area contributed by atoms with Gasteiger partial charge in [-0.3, -0.25) is 4.99 Å². The molecule has 0 heterocycles. The minimum atomic E-state index is -1.75. The van der Waals surface area contributed by atoms with Crippen LogP contribution in [0.15, 0.2) is 45.9 Å². The van der Waals surface area contributed by atoms with Crippen molar-refractivity contribution in [2.75, 3.05) is 7.11 Å². The van der Waals surface area contributed by atoms with E-state index in [1.54, 1.807) is 24.3 Å². The normalized spacial score (nSPS) is 11.2. The molecule has 0 unspecified atom stereocenters. The lowest BCUT2D eigenvalue weighted by molar-refractivity contribution is -0.134. The average molecular weight is 332 g/mol. The number of hydrogen-bond acceptors (Lipinski definition) is 5. The van der Waals surface area contributed by atoms with E-state index >= 15 is 0 Å². The first-order valence-corrected chi connectivity index (χ1v) is 6.25. The highest BCUT2D eigenvalue weighted by Gasteiger charge is 2.25. The summed E-state index contributed by atoms with van der Waals surface area (Å²) in [6.07, 6.45) is 3.51. The molecular weight excluding hydrogens is 322 g/mol. The summed E-state index contributed by atoms with van der Waals surface area (Å²) in [6.45, 7) is 0. The van der Waals surface area contributed by atoms with Crippen LogP contribution in [0.25, 0.3) is 0 Å². The molecule has 100 valence electrons. The van der Waals surface area contributed by atoms with Gasteiger partial charge in [0.2, 0.25) is 0 Å². The molecule has 0 aliphatic carbocycles. The Morgan fingerprint density at radius 3 is 2.45 bits per heavy atom. The minimum Gasteiger partial charge on any atom is -0.466 e.